The molecule has 1 aromatic heterocycles. The molecule has 0 amide bonds. The van der Waals surface area contributed by atoms with E-state index in [4.69, 9.17) is 27.9 Å². The number of rotatable bonds is 8. The molecule has 1 aliphatic heterocycles. The third-order valence-corrected chi connectivity index (χ3v) is 6.30. The predicted octanol–water partition coefficient (Wildman–Crippen LogP) is 4.05. The lowest BCUT2D eigenvalue weighted by Crippen LogP contribution is -2.22. The van der Waals surface area contributed by atoms with Crippen molar-refractivity contribution in [2.45, 2.75) is 43.0 Å². The molecule has 1 atom stereocenters. The molecule has 1 saturated heterocycles. The predicted molar refractivity (Wildman–Crippen MR) is 108 cm³/mol. The Bertz CT molecular complexity index is 794. The minimum atomic E-state index is -0.638. The third-order valence-electron chi connectivity index (χ3n) is 4.68. The maximum atomic E-state index is 10.3. The molecule has 0 bridgehead atoms. The van der Waals surface area contributed by atoms with E-state index < -0.39 is 6.10 Å². The van der Waals surface area contributed by atoms with Crippen molar-refractivity contribution in [3.8, 4) is 5.75 Å². The number of nitrogens with zero attached hydrogens (tertiary/aromatic N) is 4. The minimum absolute atomic E-state index is 0.158. The van der Waals surface area contributed by atoms with Crippen LogP contribution in [0.3, 0.4) is 0 Å². The van der Waals surface area contributed by atoms with Gasteiger partial charge >= 0.3 is 0 Å². The Kier molecular flexibility index (Phi) is 6.02. The molecule has 2 aliphatic rings. The molecular formula is C18H22Cl2N4O2S. The third kappa shape index (κ3) is 4.65. The standard InChI is InChI=1S/C18H22Cl2N4O2S/c19-12-3-6-16(15(20)9-12)26-10-14(25)11-27-18-22-21-17(23-7-1-2-8-23)24(18)13-4-5-13/h3,6,9,13-14,25H,1-2,4-5,7-8,10-11H2. The molecule has 1 N–H and O–H groups in total. The smallest absolute Gasteiger partial charge is 0.228 e. The number of hydrogen-bond acceptors (Lipinski definition) is 6. The SMILES string of the molecule is OC(COc1ccc(Cl)cc1Cl)CSc1nnc(N2CCCC2)n1C1CC1. The molecule has 6 nitrogen and oxygen atoms in total. The first-order chi connectivity index (χ1) is 13.1. The van der Waals surface area contributed by atoms with Gasteiger partial charge in [-0.15, -0.1) is 10.2 Å². The van der Waals surface area contributed by atoms with E-state index in [0.717, 1.165) is 24.2 Å². The molecule has 2 fully saturated rings. The molecule has 0 radical (unpaired) electrons. The van der Waals surface area contributed by atoms with Gasteiger partial charge < -0.3 is 14.7 Å². The average molecular weight is 429 g/mol. The van der Waals surface area contributed by atoms with E-state index in [9.17, 15) is 5.11 Å². The Balaban J connectivity index is 1.34. The minimum Gasteiger partial charge on any atom is -0.489 e. The van der Waals surface area contributed by atoms with Crippen LogP contribution in [0.1, 0.15) is 31.7 Å². The van der Waals surface area contributed by atoms with Crippen molar-refractivity contribution in [3.05, 3.63) is 28.2 Å². The Morgan fingerprint density at radius 3 is 2.70 bits per heavy atom. The van der Waals surface area contributed by atoms with Crippen LogP contribution < -0.4 is 9.64 Å². The van der Waals surface area contributed by atoms with E-state index >= 15 is 0 Å². The Labute approximate surface area is 172 Å². The fourth-order valence-electron chi connectivity index (χ4n) is 3.15. The summed E-state index contributed by atoms with van der Waals surface area (Å²) < 4.78 is 7.86. The average Bonchev–Trinajstić information content (AvgIpc) is 3.17. The lowest BCUT2D eigenvalue weighted by atomic mass is 10.3. The first-order valence-electron chi connectivity index (χ1n) is 9.20. The Hall–Kier alpha value is -1.15. The van der Waals surface area contributed by atoms with Gasteiger partial charge in [0, 0.05) is 29.9 Å². The molecule has 2 heterocycles. The van der Waals surface area contributed by atoms with Gasteiger partial charge in [0.25, 0.3) is 0 Å². The van der Waals surface area contributed by atoms with Crippen LogP contribution in [0.15, 0.2) is 23.4 Å². The number of aliphatic hydroxyl groups is 1. The molecule has 1 aliphatic carbocycles. The fraction of sp³-hybridized carbons (Fsp3) is 0.556. The lowest BCUT2D eigenvalue weighted by Gasteiger charge is -2.18. The van der Waals surface area contributed by atoms with Gasteiger partial charge in [-0.3, -0.25) is 4.57 Å². The van der Waals surface area contributed by atoms with Gasteiger partial charge in [-0.05, 0) is 43.9 Å². The summed E-state index contributed by atoms with van der Waals surface area (Å²) in [6.07, 6.45) is 4.13. The summed E-state index contributed by atoms with van der Waals surface area (Å²) in [5.74, 6) is 1.98. The Morgan fingerprint density at radius 1 is 1.22 bits per heavy atom. The molecule has 146 valence electrons. The maximum absolute atomic E-state index is 10.3. The molecule has 27 heavy (non-hydrogen) atoms. The summed E-state index contributed by atoms with van der Waals surface area (Å²) in [7, 11) is 0. The highest BCUT2D eigenvalue weighted by Crippen LogP contribution is 2.41. The molecule has 1 unspecified atom stereocenters. The van der Waals surface area contributed by atoms with Gasteiger partial charge in [-0.25, -0.2) is 0 Å². The largest absolute Gasteiger partial charge is 0.489 e. The zero-order chi connectivity index (χ0) is 18.8. The van der Waals surface area contributed by atoms with Crippen molar-refractivity contribution in [2.75, 3.05) is 30.3 Å². The molecular weight excluding hydrogens is 407 g/mol. The first kappa shape index (κ1) is 19.2. The van der Waals surface area contributed by atoms with Crippen LogP contribution in [0.5, 0.6) is 5.75 Å². The van der Waals surface area contributed by atoms with Crippen LogP contribution in [-0.2, 0) is 0 Å². The van der Waals surface area contributed by atoms with Crippen molar-refractivity contribution < 1.29 is 9.84 Å². The number of aromatic nitrogens is 3. The van der Waals surface area contributed by atoms with E-state index in [1.54, 1.807) is 18.2 Å². The van der Waals surface area contributed by atoms with Crippen LogP contribution in [0.4, 0.5) is 5.95 Å². The summed E-state index contributed by atoms with van der Waals surface area (Å²) in [6.45, 7) is 2.26. The van der Waals surface area contributed by atoms with E-state index in [0.29, 0.717) is 27.6 Å². The second kappa shape index (κ2) is 8.47. The maximum Gasteiger partial charge on any atom is 0.228 e. The highest BCUT2D eigenvalue weighted by atomic mass is 35.5. The van der Waals surface area contributed by atoms with E-state index in [1.807, 2.05) is 0 Å². The monoisotopic (exact) mass is 428 g/mol. The number of anilines is 1. The van der Waals surface area contributed by atoms with Crippen LogP contribution in [0.25, 0.3) is 0 Å². The molecule has 4 rings (SSSR count). The van der Waals surface area contributed by atoms with Crippen molar-refractivity contribution in [2.24, 2.45) is 0 Å². The summed E-state index contributed by atoms with van der Waals surface area (Å²) >= 11 is 13.5. The number of thioether (sulfide) groups is 1. The molecule has 9 heteroatoms. The van der Waals surface area contributed by atoms with E-state index in [2.05, 4.69) is 19.7 Å². The number of ether oxygens (including phenoxy) is 1. The highest BCUT2D eigenvalue weighted by molar-refractivity contribution is 7.99. The quantitative estimate of drug-likeness (QED) is 0.639. The van der Waals surface area contributed by atoms with E-state index in [1.165, 1.54) is 37.4 Å². The van der Waals surface area contributed by atoms with Gasteiger partial charge in [0.1, 0.15) is 12.4 Å². The number of halogens is 2. The summed E-state index contributed by atoms with van der Waals surface area (Å²) in [6, 6.07) is 5.54. The van der Waals surface area contributed by atoms with Gasteiger partial charge in [-0.2, -0.15) is 0 Å². The van der Waals surface area contributed by atoms with Gasteiger partial charge in [0.2, 0.25) is 5.95 Å². The van der Waals surface area contributed by atoms with Crippen LogP contribution in [0, 0.1) is 0 Å². The first-order valence-corrected chi connectivity index (χ1v) is 10.9. The van der Waals surface area contributed by atoms with E-state index in [-0.39, 0.29) is 6.61 Å². The Morgan fingerprint density at radius 2 is 2.00 bits per heavy atom. The van der Waals surface area contributed by atoms with Crippen LogP contribution in [-0.4, -0.2) is 51.4 Å². The van der Waals surface area contributed by atoms with Crippen molar-refractivity contribution in [3.63, 3.8) is 0 Å². The normalized spacial score (nSPS) is 18.1. The summed E-state index contributed by atoms with van der Waals surface area (Å²) in [4.78, 5) is 2.32. The molecule has 1 saturated carbocycles. The summed E-state index contributed by atoms with van der Waals surface area (Å²) in [5.41, 5.74) is 0. The molecule has 0 spiro atoms. The lowest BCUT2D eigenvalue weighted by molar-refractivity contribution is 0.126. The topological polar surface area (TPSA) is 63.4 Å². The zero-order valence-corrected chi connectivity index (χ0v) is 17.2. The van der Waals surface area contributed by atoms with Gasteiger partial charge in [0.15, 0.2) is 5.16 Å². The number of hydrogen-bond donors (Lipinski definition) is 1. The van der Waals surface area contributed by atoms with Crippen LogP contribution in [0.2, 0.25) is 10.0 Å². The van der Waals surface area contributed by atoms with Gasteiger partial charge in [0.05, 0.1) is 11.1 Å². The fourth-order valence-corrected chi connectivity index (χ4v) is 4.52. The second-order valence-electron chi connectivity index (χ2n) is 6.93. The molecule has 1 aromatic carbocycles. The molecule has 2 aromatic rings. The highest BCUT2D eigenvalue weighted by Gasteiger charge is 2.32. The zero-order valence-electron chi connectivity index (χ0n) is 14.9. The van der Waals surface area contributed by atoms with Crippen molar-refractivity contribution in [1.82, 2.24) is 14.8 Å². The van der Waals surface area contributed by atoms with Crippen molar-refractivity contribution >= 4 is 40.9 Å². The van der Waals surface area contributed by atoms with Crippen LogP contribution >= 0.6 is 35.0 Å². The van der Waals surface area contributed by atoms with Gasteiger partial charge in [-0.1, -0.05) is 35.0 Å². The van der Waals surface area contributed by atoms with Crippen molar-refractivity contribution in [1.29, 1.82) is 0 Å². The summed E-state index contributed by atoms with van der Waals surface area (Å²) in [5, 5.41) is 21.0. The number of aliphatic hydroxyl groups excluding tert-OH is 1. The second-order valence-corrected chi connectivity index (χ2v) is 8.76. The number of benzene rings is 1.